The third kappa shape index (κ3) is 5.94. The molecular weight excluding hydrogens is 557 g/mol. The second kappa shape index (κ2) is 11.5. The second-order valence-electron chi connectivity index (χ2n) is 12.8. The van der Waals surface area contributed by atoms with Crippen molar-refractivity contribution in [1.29, 1.82) is 0 Å². The van der Waals surface area contributed by atoms with Gasteiger partial charge in [-0.05, 0) is 56.7 Å². The van der Waals surface area contributed by atoms with Gasteiger partial charge in [-0.25, -0.2) is 9.78 Å². The van der Waals surface area contributed by atoms with Crippen LogP contribution in [0.1, 0.15) is 96.0 Å². The second-order valence-corrected chi connectivity index (χ2v) is 15.7. The average Bonchev–Trinajstić information content (AvgIpc) is 3.68. The van der Waals surface area contributed by atoms with Crippen molar-refractivity contribution in [2.75, 3.05) is 18.6 Å². The Hall–Kier alpha value is -2.76. The van der Waals surface area contributed by atoms with Gasteiger partial charge < -0.3 is 18.6 Å². The number of imidazole rings is 1. The minimum atomic E-state index is -0.696. The molecule has 41 heavy (non-hydrogen) atoms. The van der Waals surface area contributed by atoms with Crippen molar-refractivity contribution in [2.45, 2.75) is 102 Å². The first-order chi connectivity index (χ1) is 19.4. The molecule has 1 aliphatic heterocycles. The number of nitro groups is 1. The number of anilines is 1. The maximum atomic E-state index is 13.2. The smallest absolute Gasteiger partial charge is 0.347 e. The van der Waals surface area contributed by atoms with Gasteiger partial charge in [0.1, 0.15) is 9.88 Å². The van der Waals surface area contributed by atoms with E-state index in [1.54, 1.807) is 0 Å². The van der Waals surface area contributed by atoms with Crippen LogP contribution in [0.4, 0.5) is 10.7 Å². The molecular formula is C30H40N4O5SSi. The Kier molecular flexibility index (Phi) is 8.33. The number of benzene rings is 1. The summed E-state index contributed by atoms with van der Waals surface area (Å²) in [6.45, 7) is 11.3. The number of esters is 1. The van der Waals surface area contributed by atoms with Gasteiger partial charge in [0.2, 0.25) is 9.76 Å². The first kappa shape index (κ1) is 29.7. The van der Waals surface area contributed by atoms with Crippen LogP contribution < -0.4 is 4.90 Å². The Balaban J connectivity index is 1.58. The molecule has 3 heterocycles. The number of rotatable bonds is 8. The summed E-state index contributed by atoms with van der Waals surface area (Å²) in [5.41, 5.74) is 1.81. The molecule has 5 rings (SSSR count). The van der Waals surface area contributed by atoms with Crippen LogP contribution in [-0.2, 0) is 9.16 Å². The lowest BCUT2D eigenvalue weighted by Gasteiger charge is -2.40. The lowest BCUT2D eigenvalue weighted by Crippen LogP contribution is -2.49. The predicted octanol–water partition coefficient (Wildman–Crippen LogP) is 7.57. The zero-order valence-corrected chi connectivity index (χ0v) is 26.7. The van der Waals surface area contributed by atoms with Gasteiger partial charge in [0.25, 0.3) is 0 Å². The van der Waals surface area contributed by atoms with E-state index in [0.717, 1.165) is 36.7 Å². The van der Waals surface area contributed by atoms with Crippen LogP contribution in [0.2, 0.25) is 5.04 Å². The van der Waals surface area contributed by atoms with E-state index in [0.29, 0.717) is 37.8 Å². The number of aromatic nitrogens is 2. The Labute approximate surface area is 248 Å². The normalized spacial score (nSPS) is 18.8. The summed E-state index contributed by atoms with van der Waals surface area (Å²) in [5, 5.41) is 13.2. The zero-order valence-electron chi connectivity index (χ0n) is 24.9. The molecule has 2 aliphatic rings. The fraction of sp³-hybridized carbons (Fsp3) is 0.600. The summed E-state index contributed by atoms with van der Waals surface area (Å²) >= 11 is 1.29. The van der Waals surface area contributed by atoms with Crippen LogP contribution in [0.3, 0.4) is 0 Å². The standard InChI is InChI=1S/C30H40N4O5SSi/c1-29(2,3)41-39-30(4,5)23-13-10-16-32(23)27-24(28(35)38-6)25(34(36)37)26(40-27)19-14-15-22-21(17-19)31-18-33(22)20-11-8-7-9-12-20/h14-15,17-18,20,23H,7-13,16H2,1-6H3/t23-/m1/s1. The largest absolute Gasteiger partial charge is 0.465 e. The minimum absolute atomic E-state index is 0.0197. The maximum absolute atomic E-state index is 13.2. The molecule has 1 saturated heterocycles. The third-order valence-electron chi connectivity index (χ3n) is 8.18. The Morgan fingerprint density at radius 3 is 2.51 bits per heavy atom. The molecule has 11 heteroatoms. The van der Waals surface area contributed by atoms with Crippen LogP contribution in [0.15, 0.2) is 24.5 Å². The molecule has 1 saturated carbocycles. The first-order valence-corrected chi connectivity index (χ1v) is 16.2. The lowest BCUT2D eigenvalue weighted by molar-refractivity contribution is -0.384. The number of ether oxygens (including phenoxy) is 1. The maximum Gasteiger partial charge on any atom is 0.347 e. The van der Waals surface area contributed by atoms with Gasteiger partial charge in [-0.3, -0.25) is 10.1 Å². The van der Waals surface area contributed by atoms with Gasteiger partial charge in [-0.1, -0.05) is 46.1 Å². The van der Waals surface area contributed by atoms with Crippen molar-refractivity contribution in [3.8, 4) is 10.4 Å². The van der Waals surface area contributed by atoms with E-state index in [2.05, 4.69) is 49.1 Å². The van der Waals surface area contributed by atoms with Gasteiger partial charge in [-0.2, -0.15) is 0 Å². The fourth-order valence-electron chi connectivity index (χ4n) is 6.18. The summed E-state index contributed by atoms with van der Waals surface area (Å²) in [4.78, 5) is 32.6. The van der Waals surface area contributed by atoms with Gasteiger partial charge in [0.05, 0.1) is 41.0 Å². The molecule has 3 aromatic rings. The van der Waals surface area contributed by atoms with Crippen LogP contribution in [0, 0.1) is 10.1 Å². The van der Waals surface area contributed by atoms with Crippen molar-refractivity contribution >= 4 is 48.8 Å². The van der Waals surface area contributed by atoms with E-state index in [4.69, 9.17) is 9.16 Å². The Morgan fingerprint density at radius 1 is 1.12 bits per heavy atom. The summed E-state index contributed by atoms with van der Waals surface area (Å²) < 4.78 is 13.8. The zero-order chi connectivity index (χ0) is 29.5. The van der Waals surface area contributed by atoms with Gasteiger partial charge in [0.15, 0.2) is 5.56 Å². The summed E-state index contributed by atoms with van der Waals surface area (Å²) in [6, 6.07) is 6.24. The van der Waals surface area contributed by atoms with Crippen LogP contribution >= 0.6 is 11.3 Å². The SMILES string of the molecule is COC(=O)c1c(N2CCC[C@@H]2C(C)(C)O[Si]C(C)(C)C)sc(-c2ccc3c(c2)ncn3C2CCCCC2)c1[N+](=O)[O-]. The monoisotopic (exact) mass is 596 g/mol. The van der Waals surface area contributed by atoms with E-state index in [1.807, 2.05) is 24.5 Å². The molecule has 2 fully saturated rings. The molecule has 1 aromatic carbocycles. The number of carbonyl (C=O) groups is 1. The van der Waals surface area contributed by atoms with E-state index in [-0.39, 0.29) is 22.3 Å². The number of hydrogen-bond donors (Lipinski definition) is 0. The molecule has 1 aliphatic carbocycles. The van der Waals surface area contributed by atoms with Crippen molar-refractivity contribution < 1.29 is 18.9 Å². The topological polar surface area (TPSA) is 99.7 Å². The van der Waals surface area contributed by atoms with E-state index in [1.165, 1.54) is 37.7 Å². The Morgan fingerprint density at radius 2 is 1.85 bits per heavy atom. The van der Waals surface area contributed by atoms with Crippen molar-refractivity contribution in [2.24, 2.45) is 0 Å². The molecule has 2 radical (unpaired) electrons. The van der Waals surface area contributed by atoms with Crippen LogP contribution in [-0.4, -0.2) is 55.5 Å². The van der Waals surface area contributed by atoms with E-state index in [9.17, 15) is 14.9 Å². The van der Waals surface area contributed by atoms with Gasteiger partial charge in [-0.15, -0.1) is 11.3 Å². The number of carbonyl (C=O) groups excluding carboxylic acids is 1. The number of fused-ring (bicyclic) bond motifs is 1. The number of hydrogen-bond acceptors (Lipinski definition) is 8. The summed E-state index contributed by atoms with van der Waals surface area (Å²) in [7, 11) is 1.57. The van der Waals surface area contributed by atoms with Crippen molar-refractivity contribution in [3.63, 3.8) is 0 Å². The molecule has 0 N–H and O–H groups in total. The van der Waals surface area contributed by atoms with Gasteiger partial charge in [0, 0.05) is 18.2 Å². The number of methoxy groups -OCH3 is 1. The van der Waals surface area contributed by atoms with E-state index < -0.39 is 16.5 Å². The highest BCUT2D eigenvalue weighted by molar-refractivity contribution is 7.20. The average molecular weight is 597 g/mol. The number of nitrogens with zero attached hydrogens (tertiary/aromatic N) is 4. The quantitative estimate of drug-likeness (QED) is 0.114. The molecule has 220 valence electrons. The van der Waals surface area contributed by atoms with Crippen LogP contribution in [0.25, 0.3) is 21.5 Å². The first-order valence-electron chi connectivity index (χ1n) is 14.5. The summed E-state index contributed by atoms with van der Waals surface area (Å²) in [6.07, 6.45) is 9.67. The minimum Gasteiger partial charge on any atom is -0.465 e. The van der Waals surface area contributed by atoms with Gasteiger partial charge >= 0.3 is 11.7 Å². The molecule has 9 nitrogen and oxygen atoms in total. The van der Waals surface area contributed by atoms with Crippen molar-refractivity contribution in [3.05, 3.63) is 40.2 Å². The Bertz CT molecular complexity index is 1440. The molecule has 0 spiro atoms. The van der Waals surface area contributed by atoms with E-state index >= 15 is 0 Å². The molecule has 0 bridgehead atoms. The molecule has 2 aromatic heterocycles. The third-order valence-corrected chi connectivity index (χ3v) is 10.7. The molecule has 0 unspecified atom stereocenters. The number of thiophene rings is 1. The summed E-state index contributed by atoms with van der Waals surface area (Å²) in [5.74, 6) is -0.696. The predicted molar refractivity (Wildman–Crippen MR) is 164 cm³/mol. The molecule has 0 amide bonds. The van der Waals surface area contributed by atoms with Crippen molar-refractivity contribution in [1.82, 2.24) is 9.55 Å². The fourth-order valence-corrected chi connectivity index (χ4v) is 8.21. The molecule has 1 atom stereocenters. The lowest BCUT2D eigenvalue weighted by atomic mass is 9.95. The van der Waals surface area contributed by atoms with Crippen LogP contribution in [0.5, 0.6) is 0 Å². The highest BCUT2D eigenvalue weighted by Gasteiger charge is 2.44. The highest BCUT2D eigenvalue weighted by atomic mass is 32.1. The highest BCUT2D eigenvalue weighted by Crippen LogP contribution is 2.50.